The van der Waals surface area contributed by atoms with E-state index in [1.165, 1.54) is 6.07 Å². The number of fused-ring (bicyclic) bond motifs is 3. The minimum Gasteiger partial charge on any atom is -0.491 e. The summed E-state index contributed by atoms with van der Waals surface area (Å²) in [5.74, 6) is 0.137. The highest BCUT2D eigenvalue weighted by atomic mass is 32.2. The summed E-state index contributed by atoms with van der Waals surface area (Å²) in [7, 11) is -3.23. The molecule has 4 rings (SSSR count). The van der Waals surface area contributed by atoms with Crippen LogP contribution in [0.4, 0.5) is 13.2 Å². The van der Waals surface area contributed by atoms with Crippen molar-refractivity contribution in [2.24, 2.45) is 0 Å². The number of carbonyl (C=O) groups is 1. The summed E-state index contributed by atoms with van der Waals surface area (Å²) in [5.41, 5.74) is 0.920. The van der Waals surface area contributed by atoms with E-state index in [0.717, 1.165) is 17.3 Å². The quantitative estimate of drug-likeness (QED) is 0.563. The molecule has 2 aromatic heterocycles. The Balaban J connectivity index is 1.65. The maximum Gasteiger partial charge on any atom is 0.408 e. The molecule has 3 heterocycles. The van der Waals surface area contributed by atoms with E-state index in [4.69, 9.17) is 4.74 Å². The summed E-state index contributed by atoms with van der Waals surface area (Å²) in [6.45, 7) is -0.688. The van der Waals surface area contributed by atoms with Crippen LogP contribution in [-0.2, 0) is 22.9 Å². The maximum absolute atomic E-state index is 12.9. The predicted octanol–water partition coefficient (Wildman–Crippen LogP) is 1.54. The molecule has 1 N–H and O–H groups in total. The fourth-order valence-electron chi connectivity index (χ4n) is 3.33. The van der Waals surface area contributed by atoms with E-state index >= 15 is 0 Å². The van der Waals surface area contributed by atoms with Gasteiger partial charge in [0.05, 0.1) is 17.9 Å². The zero-order valence-corrected chi connectivity index (χ0v) is 18.1. The SMILES string of the molecule is CS(=O)(=O)CCNC(=O)c1ccc2c(c1)-c1nc(-c3ncnn3CC(F)(F)F)cn1CCO2. The lowest BCUT2D eigenvalue weighted by atomic mass is 10.1. The molecule has 0 radical (unpaired) electrons. The number of benzene rings is 1. The van der Waals surface area contributed by atoms with Gasteiger partial charge in [-0.2, -0.15) is 18.3 Å². The second-order valence-corrected chi connectivity index (χ2v) is 9.70. The van der Waals surface area contributed by atoms with Crippen LogP contribution < -0.4 is 10.1 Å². The summed E-state index contributed by atoms with van der Waals surface area (Å²) in [6, 6.07) is 4.67. The molecule has 14 heteroatoms. The summed E-state index contributed by atoms with van der Waals surface area (Å²) in [5, 5.41) is 6.19. The molecule has 10 nitrogen and oxygen atoms in total. The number of rotatable bonds is 6. The van der Waals surface area contributed by atoms with Crippen LogP contribution in [0.25, 0.3) is 22.9 Å². The number of sulfone groups is 1. The third-order valence-corrected chi connectivity index (χ3v) is 5.73. The molecular formula is C19H19F3N6O4S. The largest absolute Gasteiger partial charge is 0.491 e. The van der Waals surface area contributed by atoms with Crippen molar-refractivity contribution in [1.82, 2.24) is 29.6 Å². The first-order chi connectivity index (χ1) is 15.5. The van der Waals surface area contributed by atoms with Crippen molar-refractivity contribution in [3.8, 4) is 28.7 Å². The number of nitrogens with zero attached hydrogens (tertiary/aromatic N) is 5. The first-order valence-electron chi connectivity index (χ1n) is 9.75. The van der Waals surface area contributed by atoms with Crippen molar-refractivity contribution in [1.29, 1.82) is 0 Å². The van der Waals surface area contributed by atoms with Crippen LogP contribution in [-0.4, -0.2) is 70.0 Å². The van der Waals surface area contributed by atoms with Gasteiger partial charge >= 0.3 is 6.18 Å². The number of imidazole rings is 1. The van der Waals surface area contributed by atoms with E-state index in [1.54, 1.807) is 22.9 Å². The molecule has 1 aliphatic heterocycles. The van der Waals surface area contributed by atoms with Gasteiger partial charge in [-0.1, -0.05) is 0 Å². The molecule has 1 amide bonds. The lowest BCUT2D eigenvalue weighted by Gasteiger charge is -2.10. The van der Waals surface area contributed by atoms with Gasteiger partial charge in [0.1, 0.15) is 46.6 Å². The molecule has 0 saturated carbocycles. The smallest absolute Gasteiger partial charge is 0.408 e. The topological polar surface area (TPSA) is 121 Å². The Labute approximate surface area is 186 Å². The lowest BCUT2D eigenvalue weighted by molar-refractivity contribution is -0.142. The number of nitrogens with one attached hydrogen (secondary N) is 1. The Hall–Kier alpha value is -3.42. The fraction of sp³-hybridized carbons (Fsp3) is 0.368. The zero-order chi connectivity index (χ0) is 23.8. The van der Waals surface area contributed by atoms with Gasteiger partial charge in [-0.3, -0.25) is 4.79 Å². The summed E-state index contributed by atoms with van der Waals surface area (Å²) in [4.78, 5) is 20.9. The van der Waals surface area contributed by atoms with E-state index in [-0.39, 0.29) is 36.0 Å². The molecule has 0 aliphatic carbocycles. The summed E-state index contributed by atoms with van der Waals surface area (Å²) >= 11 is 0. The van der Waals surface area contributed by atoms with Crippen molar-refractivity contribution in [2.45, 2.75) is 19.3 Å². The molecule has 3 aromatic rings. The van der Waals surface area contributed by atoms with Crippen LogP contribution >= 0.6 is 0 Å². The van der Waals surface area contributed by atoms with E-state index in [2.05, 4.69) is 20.4 Å². The second-order valence-electron chi connectivity index (χ2n) is 7.44. The number of aromatic nitrogens is 5. The van der Waals surface area contributed by atoms with E-state index in [0.29, 0.717) is 23.7 Å². The first-order valence-corrected chi connectivity index (χ1v) is 11.8. The Morgan fingerprint density at radius 3 is 2.79 bits per heavy atom. The molecule has 0 bridgehead atoms. The third kappa shape index (κ3) is 5.32. The van der Waals surface area contributed by atoms with Crippen molar-refractivity contribution in [2.75, 3.05) is 25.2 Å². The number of hydrogen-bond donors (Lipinski definition) is 1. The van der Waals surface area contributed by atoms with Gasteiger partial charge in [-0.15, -0.1) is 0 Å². The van der Waals surface area contributed by atoms with Crippen molar-refractivity contribution in [3.05, 3.63) is 36.3 Å². The van der Waals surface area contributed by atoms with E-state index in [1.807, 2.05) is 0 Å². The van der Waals surface area contributed by atoms with Gasteiger partial charge in [0.2, 0.25) is 0 Å². The number of alkyl halides is 3. The lowest BCUT2D eigenvalue weighted by Crippen LogP contribution is -2.28. The average molecular weight is 484 g/mol. The van der Waals surface area contributed by atoms with E-state index in [9.17, 15) is 26.4 Å². The predicted molar refractivity (Wildman–Crippen MR) is 110 cm³/mol. The van der Waals surface area contributed by atoms with Crippen molar-refractivity contribution < 1.29 is 31.1 Å². The number of hydrogen-bond acceptors (Lipinski definition) is 7. The average Bonchev–Trinajstić information content (AvgIpc) is 3.29. The molecule has 0 saturated heterocycles. The van der Waals surface area contributed by atoms with Gasteiger partial charge in [-0.05, 0) is 18.2 Å². The molecule has 0 spiro atoms. The molecular weight excluding hydrogens is 465 g/mol. The highest BCUT2D eigenvalue weighted by Gasteiger charge is 2.31. The Morgan fingerprint density at radius 1 is 1.27 bits per heavy atom. The van der Waals surface area contributed by atoms with Gasteiger partial charge in [0.15, 0.2) is 5.82 Å². The number of halogens is 3. The molecule has 176 valence electrons. The molecule has 0 unspecified atom stereocenters. The summed E-state index contributed by atoms with van der Waals surface area (Å²) < 4.78 is 69.3. The minimum atomic E-state index is -4.47. The fourth-order valence-corrected chi connectivity index (χ4v) is 3.81. The summed E-state index contributed by atoms with van der Waals surface area (Å²) in [6.07, 6.45) is -0.809. The highest BCUT2D eigenvalue weighted by Crippen LogP contribution is 2.34. The Kier molecular flexibility index (Phi) is 5.86. The number of ether oxygens (including phenoxy) is 1. The van der Waals surface area contributed by atoms with Crippen LogP contribution in [0.5, 0.6) is 5.75 Å². The molecule has 33 heavy (non-hydrogen) atoms. The number of amides is 1. The van der Waals surface area contributed by atoms with E-state index < -0.39 is 28.5 Å². The standard InChI is InChI=1S/C19H19F3N6O4S/c1-33(30,31)7-4-23-18(29)12-2-3-15-13(8-12)16-26-14(9-27(16)5-6-32-15)17-24-11-25-28(17)10-19(20,21)22/h2-3,8-9,11H,4-7,10H2,1H3,(H,23,29). The van der Waals surface area contributed by atoms with Crippen molar-refractivity contribution >= 4 is 15.7 Å². The molecule has 1 aromatic carbocycles. The second kappa shape index (κ2) is 8.50. The molecule has 1 aliphatic rings. The minimum absolute atomic E-state index is 0.0370. The first kappa shape index (κ1) is 22.8. The maximum atomic E-state index is 12.9. The Bertz CT molecular complexity index is 1300. The van der Waals surface area contributed by atoms with Gasteiger partial charge < -0.3 is 14.6 Å². The van der Waals surface area contributed by atoms with Gasteiger partial charge in [0, 0.05) is 24.6 Å². The monoisotopic (exact) mass is 484 g/mol. The molecule has 0 fully saturated rings. The van der Waals surface area contributed by atoms with Crippen LogP contribution in [0.2, 0.25) is 0 Å². The van der Waals surface area contributed by atoms with Gasteiger partial charge in [-0.25, -0.2) is 23.1 Å². The highest BCUT2D eigenvalue weighted by molar-refractivity contribution is 7.90. The van der Waals surface area contributed by atoms with Crippen LogP contribution in [0.1, 0.15) is 10.4 Å². The normalized spacial score (nSPS) is 13.6. The molecule has 0 atom stereocenters. The van der Waals surface area contributed by atoms with Crippen LogP contribution in [0.15, 0.2) is 30.7 Å². The van der Waals surface area contributed by atoms with Gasteiger partial charge in [0.25, 0.3) is 5.91 Å². The third-order valence-electron chi connectivity index (χ3n) is 4.78. The zero-order valence-electron chi connectivity index (χ0n) is 17.3. The number of carbonyl (C=O) groups excluding carboxylic acids is 1. The van der Waals surface area contributed by atoms with Crippen LogP contribution in [0.3, 0.4) is 0 Å². The van der Waals surface area contributed by atoms with Crippen LogP contribution in [0, 0.1) is 0 Å². The Morgan fingerprint density at radius 2 is 2.06 bits per heavy atom. The van der Waals surface area contributed by atoms with Crippen molar-refractivity contribution in [3.63, 3.8) is 0 Å².